The van der Waals surface area contributed by atoms with E-state index in [1.54, 1.807) is 13.1 Å². The lowest BCUT2D eigenvalue weighted by molar-refractivity contribution is -0.152. The molecule has 1 aliphatic rings. The summed E-state index contributed by atoms with van der Waals surface area (Å²) in [6.45, 7) is 1.75. The fourth-order valence-electron chi connectivity index (χ4n) is 2.58. The number of ether oxygens (including phenoxy) is 1. The van der Waals surface area contributed by atoms with E-state index in [-0.39, 0.29) is 24.8 Å². The molecule has 2 aromatic rings. The van der Waals surface area contributed by atoms with Gasteiger partial charge in [-0.15, -0.1) is 11.8 Å². The fraction of sp³-hybridized carbons (Fsp3) is 0.316. The molecule has 0 aliphatic carbocycles. The van der Waals surface area contributed by atoms with Gasteiger partial charge in [-0.25, -0.2) is 0 Å². The zero-order valence-electron chi connectivity index (χ0n) is 15.1. The number of hydrogen-bond acceptors (Lipinski definition) is 6. The molecule has 0 bridgehead atoms. The highest BCUT2D eigenvalue weighted by Crippen LogP contribution is 2.36. The summed E-state index contributed by atoms with van der Waals surface area (Å²) in [5, 5.41) is 2.20. The number of para-hydroxylation sites is 1. The average molecular weight is 388 g/mol. The van der Waals surface area contributed by atoms with Crippen LogP contribution >= 0.6 is 11.8 Å². The maximum atomic E-state index is 12.1. The minimum Gasteiger partial charge on any atom is -0.464 e. The second-order valence-electron chi connectivity index (χ2n) is 6.22. The summed E-state index contributed by atoms with van der Waals surface area (Å²) in [6.07, 6.45) is -0.0980. The zero-order valence-corrected chi connectivity index (χ0v) is 15.9. The summed E-state index contributed by atoms with van der Waals surface area (Å²) >= 11 is 1.32. The summed E-state index contributed by atoms with van der Waals surface area (Å²) in [6, 6.07) is 11.0. The molecule has 1 aromatic heterocycles. The van der Waals surface area contributed by atoms with E-state index in [2.05, 4.69) is 5.32 Å². The van der Waals surface area contributed by atoms with Crippen molar-refractivity contribution in [1.29, 1.82) is 0 Å². The predicted octanol–water partition coefficient (Wildman–Crippen LogP) is 2.59. The standard InChI is InChI=1S/C19H20N2O5S/c1-12-7-8-13(26-12)10-21(2)17(22)11-25-18(23)9-16-19(24)20-14-5-3-4-6-15(14)27-16/h3-8,16H,9-11H2,1-2H3,(H,20,24)/t16-/m1/s1. The molecule has 0 spiro atoms. The Labute approximate surface area is 161 Å². The van der Waals surface area contributed by atoms with Gasteiger partial charge in [-0.2, -0.15) is 0 Å². The SMILES string of the molecule is Cc1ccc(CN(C)C(=O)COC(=O)C[C@H]2Sc3ccccc3NC2=O)o1. The molecule has 1 N–H and O–H groups in total. The summed E-state index contributed by atoms with van der Waals surface area (Å²) < 4.78 is 10.5. The van der Waals surface area contributed by atoms with Gasteiger partial charge in [0.15, 0.2) is 6.61 Å². The van der Waals surface area contributed by atoms with Crippen LogP contribution < -0.4 is 5.32 Å². The van der Waals surface area contributed by atoms with Crippen LogP contribution in [0, 0.1) is 6.92 Å². The van der Waals surface area contributed by atoms with Gasteiger partial charge >= 0.3 is 5.97 Å². The minimum atomic E-state index is -0.586. The number of carbonyl (C=O) groups excluding carboxylic acids is 3. The van der Waals surface area contributed by atoms with Crippen LogP contribution in [0.4, 0.5) is 5.69 Å². The van der Waals surface area contributed by atoms with Crippen LogP contribution in [0.15, 0.2) is 45.7 Å². The van der Waals surface area contributed by atoms with Gasteiger partial charge in [0.2, 0.25) is 5.91 Å². The van der Waals surface area contributed by atoms with E-state index >= 15 is 0 Å². The average Bonchev–Trinajstić information content (AvgIpc) is 3.05. The molecule has 0 saturated heterocycles. The molecule has 0 fully saturated rings. The van der Waals surface area contributed by atoms with Gasteiger partial charge < -0.3 is 19.4 Å². The Balaban J connectivity index is 1.46. The molecular formula is C19H20N2O5S. The fourth-order valence-corrected chi connectivity index (χ4v) is 3.68. The van der Waals surface area contributed by atoms with Crippen molar-refractivity contribution in [2.45, 2.75) is 30.0 Å². The number of nitrogens with one attached hydrogen (secondary N) is 1. The maximum absolute atomic E-state index is 12.1. The number of amides is 2. The largest absolute Gasteiger partial charge is 0.464 e. The number of hydrogen-bond donors (Lipinski definition) is 1. The second-order valence-corrected chi connectivity index (χ2v) is 7.46. The van der Waals surface area contributed by atoms with Crippen LogP contribution in [-0.2, 0) is 25.7 Å². The van der Waals surface area contributed by atoms with Crippen LogP contribution in [0.25, 0.3) is 0 Å². The number of carbonyl (C=O) groups is 3. The molecule has 1 aromatic carbocycles. The number of anilines is 1. The third kappa shape index (κ3) is 4.91. The highest BCUT2D eigenvalue weighted by molar-refractivity contribution is 8.01. The summed E-state index contributed by atoms with van der Waals surface area (Å²) in [7, 11) is 1.61. The van der Waals surface area contributed by atoms with Gasteiger partial charge in [0.1, 0.15) is 11.5 Å². The van der Waals surface area contributed by atoms with Crippen LogP contribution in [0.5, 0.6) is 0 Å². The molecule has 1 aliphatic heterocycles. The van der Waals surface area contributed by atoms with Crippen molar-refractivity contribution < 1.29 is 23.5 Å². The summed E-state index contributed by atoms with van der Waals surface area (Å²) in [5.41, 5.74) is 0.738. The maximum Gasteiger partial charge on any atom is 0.307 e. The number of nitrogens with zero attached hydrogens (tertiary/aromatic N) is 1. The molecule has 8 heteroatoms. The first kappa shape index (κ1) is 19.0. The first-order chi connectivity index (χ1) is 12.9. The highest BCUT2D eigenvalue weighted by atomic mass is 32.2. The smallest absolute Gasteiger partial charge is 0.307 e. The zero-order chi connectivity index (χ0) is 19.4. The van der Waals surface area contributed by atoms with E-state index in [0.29, 0.717) is 12.3 Å². The lowest BCUT2D eigenvalue weighted by Gasteiger charge is -2.23. The predicted molar refractivity (Wildman–Crippen MR) is 100 cm³/mol. The van der Waals surface area contributed by atoms with E-state index in [1.165, 1.54) is 16.7 Å². The van der Waals surface area contributed by atoms with Crippen LogP contribution in [0.3, 0.4) is 0 Å². The first-order valence-corrected chi connectivity index (χ1v) is 9.32. The highest BCUT2D eigenvalue weighted by Gasteiger charge is 2.29. The third-order valence-corrected chi connectivity index (χ3v) is 5.31. The van der Waals surface area contributed by atoms with Gasteiger partial charge in [0.05, 0.1) is 23.9 Å². The normalized spacial score (nSPS) is 15.6. The van der Waals surface area contributed by atoms with E-state index < -0.39 is 11.2 Å². The molecule has 7 nitrogen and oxygen atoms in total. The van der Waals surface area contributed by atoms with Crippen molar-refractivity contribution in [2.75, 3.05) is 19.0 Å². The Morgan fingerprint density at radius 1 is 1.26 bits per heavy atom. The number of fused-ring (bicyclic) bond motifs is 1. The molecule has 0 unspecified atom stereocenters. The number of benzene rings is 1. The van der Waals surface area contributed by atoms with E-state index in [4.69, 9.17) is 9.15 Å². The van der Waals surface area contributed by atoms with Gasteiger partial charge in [0.25, 0.3) is 5.91 Å². The van der Waals surface area contributed by atoms with Crippen molar-refractivity contribution in [1.82, 2.24) is 4.90 Å². The van der Waals surface area contributed by atoms with Crippen molar-refractivity contribution in [3.05, 3.63) is 47.9 Å². The van der Waals surface area contributed by atoms with E-state index in [9.17, 15) is 14.4 Å². The molecule has 142 valence electrons. The number of rotatable bonds is 6. The molecule has 2 heterocycles. The quantitative estimate of drug-likeness (QED) is 0.765. The topological polar surface area (TPSA) is 88.9 Å². The van der Waals surface area contributed by atoms with Gasteiger partial charge in [0, 0.05) is 11.9 Å². The second kappa shape index (κ2) is 8.30. The number of thioether (sulfide) groups is 1. The Morgan fingerprint density at radius 3 is 2.78 bits per heavy atom. The van der Waals surface area contributed by atoms with Gasteiger partial charge in [-0.1, -0.05) is 12.1 Å². The van der Waals surface area contributed by atoms with Gasteiger partial charge in [-0.3, -0.25) is 14.4 Å². The lowest BCUT2D eigenvalue weighted by atomic mass is 10.2. The monoisotopic (exact) mass is 388 g/mol. The first-order valence-electron chi connectivity index (χ1n) is 8.44. The molecule has 3 rings (SSSR count). The van der Waals surface area contributed by atoms with Crippen LogP contribution in [-0.4, -0.2) is 41.6 Å². The number of likely N-dealkylation sites (N-methyl/N-ethyl adjacent to an activating group) is 1. The number of esters is 1. The van der Waals surface area contributed by atoms with Crippen molar-refractivity contribution >= 4 is 35.2 Å². The van der Waals surface area contributed by atoms with Crippen molar-refractivity contribution in [2.24, 2.45) is 0 Å². The van der Waals surface area contributed by atoms with Gasteiger partial charge in [-0.05, 0) is 31.2 Å². The summed E-state index contributed by atoms with van der Waals surface area (Å²) in [5.74, 6) is 0.249. The Kier molecular flexibility index (Phi) is 5.85. The Morgan fingerprint density at radius 2 is 2.04 bits per heavy atom. The Bertz CT molecular complexity index is 863. The Hall–Kier alpha value is -2.74. The lowest BCUT2D eigenvalue weighted by Crippen LogP contribution is -2.33. The molecule has 0 radical (unpaired) electrons. The number of furan rings is 1. The molecule has 1 atom stereocenters. The molecule has 27 heavy (non-hydrogen) atoms. The van der Waals surface area contributed by atoms with E-state index in [0.717, 1.165) is 16.3 Å². The van der Waals surface area contributed by atoms with Crippen molar-refractivity contribution in [3.8, 4) is 0 Å². The van der Waals surface area contributed by atoms with Crippen molar-refractivity contribution in [3.63, 3.8) is 0 Å². The molecular weight excluding hydrogens is 368 g/mol. The van der Waals surface area contributed by atoms with Crippen LogP contribution in [0.2, 0.25) is 0 Å². The minimum absolute atomic E-state index is 0.0980. The van der Waals surface area contributed by atoms with E-state index in [1.807, 2.05) is 37.3 Å². The molecule has 0 saturated carbocycles. The number of aryl methyl sites for hydroxylation is 1. The third-order valence-electron chi connectivity index (χ3n) is 4.03. The molecule has 2 amide bonds. The summed E-state index contributed by atoms with van der Waals surface area (Å²) in [4.78, 5) is 38.6. The van der Waals surface area contributed by atoms with Crippen LogP contribution in [0.1, 0.15) is 17.9 Å².